The van der Waals surface area contributed by atoms with Crippen LogP contribution >= 0.6 is 0 Å². The van der Waals surface area contributed by atoms with Crippen molar-refractivity contribution < 1.29 is 4.79 Å². The van der Waals surface area contributed by atoms with Gasteiger partial charge in [-0.05, 0) is 26.7 Å². The molecule has 1 amide bonds. The zero-order chi connectivity index (χ0) is 10.2. The Kier molecular flexibility index (Phi) is 2.33. The third kappa shape index (κ3) is 1.56. The Labute approximate surface area is 85.2 Å². The van der Waals surface area contributed by atoms with Gasteiger partial charge in [-0.25, -0.2) is 0 Å². The Balaban J connectivity index is 2.06. The first-order valence-corrected chi connectivity index (χ1v) is 5.49. The lowest BCUT2D eigenvalue weighted by atomic mass is 9.93. The molecule has 0 spiro atoms. The predicted octanol–water partition coefficient (Wildman–Crippen LogP) is 1.97. The van der Waals surface area contributed by atoms with Crippen LogP contribution in [0.25, 0.3) is 0 Å². The third-order valence-corrected chi connectivity index (χ3v) is 3.23. The summed E-state index contributed by atoms with van der Waals surface area (Å²) in [6.07, 6.45) is 7.87. The SMILES string of the molecule is CC1(C)N=CN(C2CCCCC2)C1=O. The van der Waals surface area contributed by atoms with Gasteiger partial charge in [-0.1, -0.05) is 19.3 Å². The summed E-state index contributed by atoms with van der Waals surface area (Å²) >= 11 is 0. The van der Waals surface area contributed by atoms with Crippen LogP contribution in [-0.4, -0.2) is 28.7 Å². The number of hydrogen-bond donors (Lipinski definition) is 0. The van der Waals surface area contributed by atoms with E-state index in [0.29, 0.717) is 6.04 Å². The summed E-state index contributed by atoms with van der Waals surface area (Å²) < 4.78 is 0. The molecular formula is C11H18N2O. The van der Waals surface area contributed by atoms with Gasteiger partial charge in [-0.15, -0.1) is 0 Å². The monoisotopic (exact) mass is 194 g/mol. The summed E-state index contributed by atoms with van der Waals surface area (Å²) in [6, 6.07) is 0.418. The number of aliphatic imine (C=N–C) groups is 1. The first-order chi connectivity index (χ1) is 6.61. The second-order valence-corrected chi connectivity index (χ2v) is 4.81. The lowest BCUT2D eigenvalue weighted by molar-refractivity contribution is -0.131. The lowest BCUT2D eigenvalue weighted by Crippen LogP contribution is -2.43. The maximum Gasteiger partial charge on any atom is 0.255 e. The van der Waals surface area contributed by atoms with Crippen LogP contribution in [0.2, 0.25) is 0 Å². The number of nitrogens with zero attached hydrogens (tertiary/aromatic N) is 2. The molecule has 1 aliphatic heterocycles. The first-order valence-electron chi connectivity index (χ1n) is 5.49. The van der Waals surface area contributed by atoms with Crippen molar-refractivity contribution in [2.75, 3.05) is 0 Å². The molecule has 0 unspecified atom stereocenters. The van der Waals surface area contributed by atoms with E-state index in [1.807, 2.05) is 18.7 Å². The van der Waals surface area contributed by atoms with Crippen molar-refractivity contribution in [3.05, 3.63) is 0 Å². The second kappa shape index (κ2) is 3.37. The highest BCUT2D eigenvalue weighted by molar-refractivity contribution is 5.99. The molecule has 1 saturated carbocycles. The lowest BCUT2D eigenvalue weighted by Gasteiger charge is -2.30. The smallest absolute Gasteiger partial charge is 0.255 e. The molecular weight excluding hydrogens is 176 g/mol. The van der Waals surface area contributed by atoms with Crippen LogP contribution in [0, 0.1) is 0 Å². The van der Waals surface area contributed by atoms with E-state index < -0.39 is 5.54 Å². The Bertz CT molecular complexity index is 264. The van der Waals surface area contributed by atoms with E-state index in [1.54, 1.807) is 6.34 Å². The van der Waals surface area contributed by atoms with E-state index in [4.69, 9.17) is 0 Å². The van der Waals surface area contributed by atoms with E-state index in [0.717, 1.165) is 12.8 Å². The average molecular weight is 194 g/mol. The van der Waals surface area contributed by atoms with Crippen molar-refractivity contribution >= 4 is 12.2 Å². The molecule has 3 heteroatoms. The first kappa shape index (κ1) is 9.69. The zero-order valence-corrected chi connectivity index (χ0v) is 8.99. The molecule has 2 rings (SSSR count). The molecule has 78 valence electrons. The normalized spacial score (nSPS) is 27.3. The molecule has 0 saturated heterocycles. The standard InChI is InChI=1S/C11H18N2O/c1-11(2)10(14)13(8-12-11)9-6-4-3-5-7-9/h8-9H,3-7H2,1-2H3. The van der Waals surface area contributed by atoms with Crippen LogP contribution in [0.4, 0.5) is 0 Å². The van der Waals surface area contributed by atoms with Crippen molar-refractivity contribution in [1.82, 2.24) is 4.90 Å². The quantitative estimate of drug-likeness (QED) is 0.628. The third-order valence-electron chi connectivity index (χ3n) is 3.23. The average Bonchev–Trinajstić information content (AvgIpc) is 2.44. The molecule has 14 heavy (non-hydrogen) atoms. The summed E-state index contributed by atoms with van der Waals surface area (Å²) in [5, 5.41) is 0. The zero-order valence-electron chi connectivity index (χ0n) is 8.99. The van der Waals surface area contributed by atoms with Gasteiger partial charge in [0, 0.05) is 6.04 Å². The highest BCUT2D eigenvalue weighted by Crippen LogP contribution is 2.27. The van der Waals surface area contributed by atoms with Crippen molar-refractivity contribution in [3.63, 3.8) is 0 Å². The maximum absolute atomic E-state index is 11.9. The van der Waals surface area contributed by atoms with Gasteiger partial charge in [0.25, 0.3) is 5.91 Å². The summed E-state index contributed by atoms with van der Waals surface area (Å²) in [5.41, 5.74) is -0.516. The highest BCUT2D eigenvalue weighted by atomic mass is 16.2. The minimum Gasteiger partial charge on any atom is -0.298 e. The Morgan fingerprint density at radius 2 is 2.00 bits per heavy atom. The second-order valence-electron chi connectivity index (χ2n) is 4.81. The van der Waals surface area contributed by atoms with E-state index in [9.17, 15) is 4.79 Å². The number of carbonyl (C=O) groups is 1. The van der Waals surface area contributed by atoms with Crippen LogP contribution in [0.3, 0.4) is 0 Å². The van der Waals surface area contributed by atoms with Crippen LogP contribution in [0.1, 0.15) is 46.0 Å². The van der Waals surface area contributed by atoms with Crippen LogP contribution < -0.4 is 0 Å². The fourth-order valence-corrected chi connectivity index (χ4v) is 2.25. The Morgan fingerprint density at radius 1 is 1.36 bits per heavy atom. The van der Waals surface area contributed by atoms with Gasteiger partial charge in [0.1, 0.15) is 5.54 Å². The van der Waals surface area contributed by atoms with Gasteiger partial charge < -0.3 is 0 Å². The van der Waals surface area contributed by atoms with Crippen molar-refractivity contribution in [3.8, 4) is 0 Å². The highest BCUT2D eigenvalue weighted by Gasteiger charge is 2.39. The largest absolute Gasteiger partial charge is 0.298 e. The van der Waals surface area contributed by atoms with Gasteiger partial charge in [0.05, 0.1) is 6.34 Å². The van der Waals surface area contributed by atoms with Gasteiger partial charge in [0.15, 0.2) is 0 Å². The van der Waals surface area contributed by atoms with Crippen LogP contribution in [0.5, 0.6) is 0 Å². The predicted molar refractivity (Wildman–Crippen MR) is 56.3 cm³/mol. The molecule has 2 aliphatic rings. The van der Waals surface area contributed by atoms with E-state index in [1.165, 1.54) is 19.3 Å². The summed E-state index contributed by atoms with van der Waals surface area (Å²) in [5.74, 6) is 0.171. The van der Waals surface area contributed by atoms with E-state index in [-0.39, 0.29) is 5.91 Å². The van der Waals surface area contributed by atoms with Crippen LogP contribution in [0.15, 0.2) is 4.99 Å². The van der Waals surface area contributed by atoms with Gasteiger partial charge in [-0.2, -0.15) is 0 Å². The fraction of sp³-hybridized carbons (Fsp3) is 0.818. The number of rotatable bonds is 1. The molecule has 0 radical (unpaired) electrons. The van der Waals surface area contributed by atoms with E-state index >= 15 is 0 Å². The van der Waals surface area contributed by atoms with Gasteiger partial charge in [0.2, 0.25) is 0 Å². The molecule has 1 heterocycles. The minimum absolute atomic E-state index is 0.171. The van der Waals surface area contributed by atoms with Crippen molar-refractivity contribution in [1.29, 1.82) is 0 Å². The molecule has 0 aromatic carbocycles. The molecule has 0 atom stereocenters. The molecule has 0 bridgehead atoms. The maximum atomic E-state index is 11.9. The van der Waals surface area contributed by atoms with Crippen molar-refractivity contribution in [2.45, 2.75) is 57.5 Å². The summed E-state index contributed by atoms with van der Waals surface area (Å²) in [4.78, 5) is 18.0. The molecule has 1 aliphatic carbocycles. The molecule has 0 aromatic rings. The Morgan fingerprint density at radius 3 is 2.50 bits per heavy atom. The van der Waals surface area contributed by atoms with Gasteiger partial charge in [-0.3, -0.25) is 14.7 Å². The molecule has 0 aromatic heterocycles. The van der Waals surface area contributed by atoms with Crippen LogP contribution in [-0.2, 0) is 4.79 Å². The van der Waals surface area contributed by atoms with Gasteiger partial charge >= 0.3 is 0 Å². The number of amides is 1. The molecule has 0 N–H and O–H groups in total. The molecule has 1 fully saturated rings. The summed E-state index contributed by atoms with van der Waals surface area (Å²) in [7, 11) is 0. The fourth-order valence-electron chi connectivity index (χ4n) is 2.25. The van der Waals surface area contributed by atoms with Crippen molar-refractivity contribution in [2.24, 2.45) is 4.99 Å². The topological polar surface area (TPSA) is 32.7 Å². The molecule has 3 nitrogen and oxygen atoms in total. The van der Waals surface area contributed by atoms with E-state index in [2.05, 4.69) is 4.99 Å². The summed E-state index contributed by atoms with van der Waals surface area (Å²) in [6.45, 7) is 3.77. The minimum atomic E-state index is -0.516. The number of carbonyl (C=O) groups excluding carboxylic acids is 1. The Hall–Kier alpha value is -0.860. The number of hydrogen-bond acceptors (Lipinski definition) is 2.